The Balaban J connectivity index is 1.94. The lowest BCUT2D eigenvalue weighted by Gasteiger charge is -2.10. The van der Waals surface area contributed by atoms with E-state index in [2.05, 4.69) is 41.2 Å². The van der Waals surface area contributed by atoms with E-state index in [0.29, 0.717) is 12.5 Å². The van der Waals surface area contributed by atoms with Crippen molar-refractivity contribution in [1.29, 1.82) is 0 Å². The van der Waals surface area contributed by atoms with E-state index >= 15 is 0 Å². The van der Waals surface area contributed by atoms with Crippen LogP contribution in [0.1, 0.15) is 5.56 Å². The summed E-state index contributed by atoms with van der Waals surface area (Å²) in [5, 5.41) is 4.67. The van der Waals surface area contributed by atoms with E-state index in [0.717, 1.165) is 29.1 Å². The van der Waals surface area contributed by atoms with Crippen LogP contribution in [0.15, 0.2) is 54.7 Å². The molecule has 0 aliphatic rings. The van der Waals surface area contributed by atoms with Crippen molar-refractivity contribution in [2.24, 2.45) is 0 Å². The van der Waals surface area contributed by atoms with Crippen LogP contribution < -0.4 is 9.47 Å². The number of nitrogens with zero attached hydrogens (tertiary/aromatic N) is 3. The molecule has 1 aromatic heterocycles. The normalized spacial score (nSPS) is 11.0. The van der Waals surface area contributed by atoms with Gasteiger partial charge in [-0.3, -0.25) is 0 Å². The molecule has 0 unspecified atom stereocenters. The van der Waals surface area contributed by atoms with Gasteiger partial charge >= 0.3 is 0 Å². The number of aryl methyl sites for hydroxylation is 1. The average Bonchev–Trinajstić information content (AvgIpc) is 3.06. The number of likely N-dealkylation sites (N-methyl/N-ethyl adjacent to an activating group) is 1. The third-order valence-electron chi connectivity index (χ3n) is 4.16. The molecule has 0 saturated heterocycles. The van der Waals surface area contributed by atoms with Gasteiger partial charge in [0, 0.05) is 12.7 Å². The number of ether oxygens (including phenoxy) is 2. The van der Waals surface area contributed by atoms with E-state index in [1.807, 2.05) is 49.2 Å². The quantitative estimate of drug-likeness (QED) is 0.649. The standard InChI is InChI=1S/C21H25N3O2/c1-16-5-7-17(8-6-16)20-15-24(18-9-11-19(25-4)12-10-18)22-21(20)26-14-13-23(2)3/h5-12,15H,13-14H2,1-4H3. The second kappa shape index (κ2) is 8.06. The fraction of sp³-hybridized carbons (Fsp3) is 0.286. The summed E-state index contributed by atoms with van der Waals surface area (Å²) in [5.74, 6) is 1.47. The summed E-state index contributed by atoms with van der Waals surface area (Å²) in [7, 11) is 5.72. The highest BCUT2D eigenvalue weighted by molar-refractivity contribution is 5.68. The molecule has 0 saturated carbocycles. The third-order valence-corrected chi connectivity index (χ3v) is 4.16. The number of benzene rings is 2. The number of rotatable bonds is 7. The SMILES string of the molecule is COc1ccc(-n2cc(-c3ccc(C)cc3)c(OCCN(C)C)n2)cc1. The maximum Gasteiger partial charge on any atom is 0.241 e. The first-order valence-corrected chi connectivity index (χ1v) is 8.65. The number of hydrogen-bond donors (Lipinski definition) is 0. The number of hydrogen-bond acceptors (Lipinski definition) is 4. The molecule has 0 aliphatic heterocycles. The molecule has 0 bridgehead atoms. The zero-order valence-corrected chi connectivity index (χ0v) is 15.8. The average molecular weight is 351 g/mol. The van der Waals surface area contributed by atoms with Crippen molar-refractivity contribution >= 4 is 0 Å². The maximum absolute atomic E-state index is 5.98. The molecule has 0 atom stereocenters. The molecule has 0 amide bonds. The van der Waals surface area contributed by atoms with E-state index < -0.39 is 0 Å². The zero-order chi connectivity index (χ0) is 18.5. The predicted octanol–water partition coefficient (Wildman–Crippen LogP) is 3.80. The Morgan fingerprint density at radius 1 is 1.00 bits per heavy atom. The highest BCUT2D eigenvalue weighted by atomic mass is 16.5. The van der Waals surface area contributed by atoms with E-state index in [-0.39, 0.29) is 0 Å². The summed E-state index contributed by atoms with van der Waals surface area (Å²) in [4.78, 5) is 2.09. The highest BCUT2D eigenvalue weighted by Crippen LogP contribution is 2.30. The minimum Gasteiger partial charge on any atom is -0.497 e. The molecule has 136 valence electrons. The Bertz CT molecular complexity index is 837. The lowest BCUT2D eigenvalue weighted by atomic mass is 10.1. The van der Waals surface area contributed by atoms with Crippen LogP contribution >= 0.6 is 0 Å². The maximum atomic E-state index is 5.98. The van der Waals surface area contributed by atoms with E-state index in [4.69, 9.17) is 9.47 Å². The van der Waals surface area contributed by atoms with Crippen LogP contribution in [0, 0.1) is 6.92 Å². The molecule has 0 aliphatic carbocycles. The molecule has 5 nitrogen and oxygen atoms in total. The van der Waals surface area contributed by atoms with Crippen LogP contribution in [0.5, 0.6) is 11.6 Å². The molecule has 0 radical (unpaired) electrons. The first-order valence-electron chi connectivity index (χ1n) is 8.65. The van der Waals surface area contributed by atoms with Gasteiger partial charge in [-0.05, 0) is 50.8 Å². The fourth-order valence-electron chi connectivity index (χ4n) is 2.59. The minimum absolute atomic E-state index is 0.589. The molecule has 0 spiro atoms. The summed E-state index contributed by atoms with van der Waals surface area (Å²) in [6.07, 6.45) is 2.01. The van der Waals surface area contributed by atoms with Crippen LogP contribution in [0.25, 0.3) is 16.8 Å². The monoisotopic (exact) mass is 351 g/mol. The second-order valence-electron chi connectivity index (χ2n) is 6.51. The molecule has 0 fully saturated rings. The van der Waals surface area contributed by atoms with Crippen LogP contribution in [0.3, 0.4) is 0 Å². The molecule has 0 N–H and O–H groups in total. The van der Waals surface area contributed by atoms with Gasteiger partial charge < -0.3 is 14.4 Å². The third kappa shape index (κ3) is 4.24. The first-order chi connectivity index (χ1) is 12.6. The van der Waals surface area contributed by atoms with Gasteiger partial charge in [0.2, 0.25) is 5.88 Å². The van der Waals surface area contributed by atoms with Crippen LogP contribution in [-0.4, -0.2) is 49.0 Å². The van der Waals surface area contributed by atoms with E-state index in [1.54, 1.807) is 7.11 Å². The van der Waals surface area contributed by atoms with Gasteiger partial charge in [-0.1, -0.05) is 29.8 Å². The van der Waals surface area contributed by atoms with Crippen LogP contribution in [0.2, 0.25) is 0 Å². The van der Waals surface area contributed by atoms with Crippen molar-refractivity contribution in [2.75, 3.05) is 34.4 Å². The largest absolute Gasteiger partial charge is 0.497 e. The lowest BCUT2D eigenvalue weighted by molar-refractivity contribution is 0.253. The van der Waals surface area contributed by atoms with E-state index in [9.17, 15) is 0 Å². The van der Waals surface area contributed by atoms with Gasteiger partial charge in [-0.25, -0.2) is 4.68 Å². The van der Waals surface area contributed by atoms with Crippen molar-refractivity contribution in [2.45, 2.75) is 6.92 Å². The molecule has 3 aromatic rings. The summed E-state index contributed by atoms with van der Waals surface area (Å²) in [5.41, 5.74) is 4.27. The molecule has 26 heavy (non-hydrogen) atoms. The first kappa shape index (κ1) is 18.0. The number of aromatic nitrogens is 2. The van der Waals surface area contributed by atoms with Crippen LogP contribution in [0.4, 0.5) is 0 Å². The molecule has 5 heteroatoms. The lowest BCUT2D eigenvalue weighted by Crippen LogP contribution is -2.19. The Hall–Kier alpha value is -2.79. The van der Waals surface area contributed by atoms with Crippen molar-refractivity contribution < 1.29 is 9.47 Å². The summed E-state index contributed by atoms with van der Waals surface area (Å²) in [6, 6.07) is 16.2. The molecular formula is C21H25N3O2. The van der Waals surface area contributed by atoms with Gasteiger partial charge in [0.1, 0.15) is 12.4 Å². The van der Waals surface area contributed by atoms with Gasteiger partial charge in [-0.15, -0.1) is 5.10 Å². The van der Waals surface area contributed by atoms with Crippen molar-refractivity contribution in [1.82, 2.24) is 14.7 Å². The fourth-order valence-corrected chi connectivity index (χ4v) is 2.59. The van der Waals surface area contributed by atoms with Crippen LogP contribution in [-0.2, 0) is 0 Å². The van der Waals surface area contributed by atoms with Crippen molar-refractivity contribution in [3.63, 3.8) is 0 Å². The van der Waals surface area contributed by atoms with E-state index in [1.165, 1.54) is 5.56 Å². The smallest absolute Gasteiger partial charge is 0.241 e. The Kier molecular flexibility index (Phi) is 5.58. The minimum atomic E-state index is 0.589. The predicted molar refractivity (Wildman–Crippen MR) is 104 cm³/mol. The molecule has 2 aromatic carbocycles. The van der Waals surface area contributed by atoms with Gasteiger partial charge in [0.25, 0.3) is 0 Å². The van der Waals surface area contributed by atoms with Crippen molar-refractivity contribution in [3.8, 4) is 28.4 Å². The molecule has 3 rings (SSSR count). The van der Waals surface area contributed by atoms with Gasteiger partial charge in [0.15, 0.2) is 0 Å². The van der Waals surface area contributed by atoms with Gasteiger partial charge in [0.05, 0.1) is 18.4 Å². The van der Waals surface area contributed by atoms with Gasteiger partial charge in [-0.2, -0.15) is 0 Å². The zero-order valence-electron chi connectivity index (χ0n) is 15.8. The van der Waals surface area contributed by atoms with Crippen molar-refractivity contribution in [3.05, 3.63) is 60.3 Å². The number of methoxy groups -OCH3 is 1. The Morgan fingerprint density at radius 2 is 1.69 bits per heavy atom. The topological polar surface area (TPSA) is 39.5 Å². The Labute approximate surface area is 154 Å². The molecular weight excluding hydrogens is 326 g/mol. The summed E-state index contributed by atoms with van der Waals surface area (Å²) < 4.78 is 13.1. The summed E-state index contributed by atoms with van der Waals surface area (Å²) >= 11 is 0. The summed E-state index contributed by atoms with van der Waals surface area (Å²) in [6.45, 7) is 3.51. The second-order valence-corrected chi connectivity index (χ2v) is 6.51. The molecule has 1 heterocycles. The highest BCUT2D eigenvalue weighted by Gasteiger charge is 2.14. The Morgan fingerprint density at radius 3 is 2.31 bits per heavy atom.